The lowest BCUT2D eigenvalue weighted by atomic mass is 9.67. The number of carbonyl (C=O) groups excluding carboxylic acids is 1. The van der Waals surface area contributed by atoms with E-state index in [-0.39, 0.29) is 5.78 Å². The normalized spacial score (nSPS) is 16.4. The third-order valence-corrected chi connectivity index (χ3v) is 3.35. The molecule has 0 bridgehead atoms. The first-order chi connectivity index (χ1) is 8.24. The Morgan fingerprint density at radius 2 is 1.71 bits per heavy atom. The molecule has 1 aliphatic rings. The quantitative estimate of drug-likeness (QED) is 0.713. The summed E-state index contributed by atoms with van der Waals surface area (Å²) in [5.41, 5.74) is 1.72. The Kier molecular flexibility index (Phi) is 3.10. The van der Waals surface area contributed by atoms with Crippen molar-refractivity contribution in [2.75, 3.05) is 0 Å². The fourth-order valence-corrected chi connectivity index (χ4v) is 2.53. The Labute approximate surface area is 102 Å². The molecule has 0 aliphatic heterocycles. The van der Waals surface area contributed by atoms with Crippen LogP contribution in [0.4, 0.5) is 0 Å². The molecule has 0 heterocycles. The fraction of sp³-hybridized carbons (Fsp3) is 0.188. The Balaban J connectivity index is 2.63. The molecule has 17 heavy (non-hydrogen) atoms. The Morgan fingerprint density at radius 3 is 2.35 bits per heavy atom. The predicted octanol–water partition coefficient (Wildman–Crippen LogP) is 3.67. The highest BCUT2D eigenvalue weighted by Gasteiger charge is 2.39. The summed E-state index contributed by atoms with van der Waals surface area (Å²) in [4.78, 5) is 12.3. The molecule has 1 aromatic carbocycles. The van der Waals surface area contributed by atoms with Crippen LogP contribution in [-0.2, 0) is 10.2 Å². The third kappa shape index (κ3) is 1.78. The molecule has 0 saturated heterocycles. The molecule has 1 aromatic rings. The maximum absolute atomic E-state index is 12.3. The highest BCUT2D eigenvalue weighted by atomic mass is 16.1. The highest BCUT2D eigenvalue weighted by Crippen LogP contribution is 2.39. The van der Waals surface area contributed by atoms with Gasteiger partial charge < -0.3 is 0 Å². The molecule has 0 radical (unpaired) electrons. The SMILES string of the molecule is C=CCC1(CC=C)C(=O)C=Cc2ccccc21. The number of rotatable bonds is 4. The molecule has 0 unspecified atom stereocenters. The molecule has 2 rings (SSSR count). The van der Waals surface area contributed by atoms with Gasteiger partial charge in [0.15, 0.2) is 5.78 Å². The Bertz CT molecular complexity index is 484. The van der Waals surface area contributed by atoms with E-state index in [1.165, 1.54) is 0 Å². The van der Waals surface area contributed by atoms with Crippen molar-refractivity contribution in [1.29, 1.82) is 0 Å². The fourth-order valence-electron chi connectivity index (χ4n) is 2.53. The van der Waals surface area contributed by atoms with E-state index in [1.54, 1.807) is 6.08 Å². The van der Waals surface area contributed by atoms with Crippen molar-refractivity contribution in [2.45, 2.75) is 18.3 Å². The van der Waals surface area contributed by atoms with Gasteiger partial charge in [-0.05, 0) is 30.0 Å². The molecular weight excluding hydrogens is 208 g/mol. The summed E-state index contributed by atoms with van der Waals surface area (Å²) in [6.07, 6.45) is 8.50. The molecule has 0 atom stereocenters. The Morgan fingerprint density at radius 1 is 1.06 bits per heavy atom. The minimum atomic E-state index is -0.491. The monoisotopic (exact) mass is 224 g/mol. The predicted molar refractivity (Wildman–Crippen MR) is 71.8 cm³/mol. The lowest BCUT2D eigenvalue weighted by Gasteiger charge is -2.33. The first kappa shape index (κ1) is 11.6. The maximum Gasteiger partial charge on any atom is 0.166 e. The summed E-state index contributed by atoms with van der Waals surface area (Å²) >= 11 is 0. The summed E-state index contributed by atoms with van der Waals surface area (Å²) in [6.45, 7) is 7.56. The summed E-state index contributed by atoms with van der Waals surface area (Å²) in [5.74, 6) is 0.149. The topological polar surface area (TPSA) is 17.1 Å². The number of carbonyl (C=O) groups is 1. The minimum Gasteiger partial charge on any atom is -0.294 e. The van der Waals surface area contributed by atoms with E-state index in [0.717, 1.165) is 11.1 Å². The molecule has 0 amide bonds. The standard InChI is InChI=1S/C16H16O/c1-3-11-16(12-4-2)14-8-6-5-7-13(14)9-10-15(16)17/h3-10H,1-2,11-12H2. The zero-order valence-electron chi connectivity index (χ0n) is 9.86. The van der Waals surface area contributed by atoms with Crippen molar-refractivity contribution in [2.24, 2.45) is 0 Å². The lowest BCUT2D eigenvalue weighted by Crippen LogP contribution is -2.36. The van der Waals surface area contributed by atoms with E-state index in [2.05, 4.69) is 13.2 Å². The van der Waals surface area contributed by atoms with Crippen molar-refractivity contribution < 1.29 is 4.79 Å². The number of fused-ring (bicyclic) bond motifs is 1. The number of allylic oxidation sites excluding steroid dienone is 3. The summed E-state index contributed by atoms with van der Waals surface area (Å²) in [6, 6.07) is 8.04. The van der Waals surface area contributed by atoms with Gasteiger partial charge in [0.2, 0.25) is 0 Å². The Hall–Kier alpha value is -1.89. The average Bonchev–Trinajstić information content (AvgIpc) is 2.35. The van der Waals surface area contributed by atoms with E-state index in [0.29, 0.717) is 12.8 Å². The largest absolute Gasteiger partial charge is 0.294 e. The second-order valence-corrected chi connectivity index (χ2v) is 4.35. The minimum absolute atomic E-state index is 0.149. The van der Waals surface area contributed by atoms with E-state index in [4.69, 9.17) is 0 Å². The van der Waals surface area contributed by atoms with Crippen LogP contribution in [0.25, 0.3) is 6.08 Å². The van der Waals surface area contributed by atoms with E-state index < -0.39 is 5.41 Å². The smallest absolute Gasteiger partial charge is 0.166 e. The zero-order valence-corrected chi connectivity index (χ0v) is 9.86. The van der Waals surface area contributed by atoms with Crippen LogP contribution in [0, 0.1) is 0 Å². The molecule has 0 N–H and O–H groups in total. The third-order valence-electron chi connectivity index (χ3n) is 3.35. The molecular formula is C16H16O. The van der Waals surface area contributed by atoms with Gasteiger partial charge in [-0.3, -0.25) is 4.79 Å². The van der Waals surface area contributed by atoms with Gasteiger partial charge in [0.05, 0.1) is 5.41 Å². The van der Waals surface area contributed by atoms with E-state index in [9.17, 15) is 4.79 Å². The molecule has 1 nitrogen and oxygen atoms in total. The number of hydrogen-bond acceptors (Lipinski definition) is 1. The first-order valence-electron chi connectivity index (χ1n) is 5.78. The van der Waals surface area contributed by atoms with Gasteiger partial charge in [-0.15, -0.1) is 13.2 Å². The highest BCUT2D eigenvalue weighted by molar-refractivity contribution is 6.05. The van der Waals surface area contributed by atoms with Crippen LogP contribution in [-0.4, -0.2) is 5.78 Å². The van der Waals surface area contributed by atoms with Gasteiger partial charge in [-0.25, -0.2) is 0 Å². The average molecular weight is 224 g/mol. The number of benzene rings is 1. The van der Waals surface area contributed by atoms with Crippen LogP contribution in [0.15, 0.2) is 55.7 Å². The second kappa shape index (κ2) is 4.54. The van der Waals surface area contributed by atoms with Crippen LogP contribution < -0.4 is 0 Å². The van der Waals surface area contributed by atoms with Crippen molar-refractivity contribution in [3.63, 3.8) is 0 Å². The molecule has 0 fully saturated rings. The van der Waals surface area contributed by atoms with Gasteiger partial charge in [0.1, 0.15) is 0 Å². The summed E-state index contributed by atoms with van der Waals surface area (Å²) in [7, 11) is 0. The number of ketones is 1. The zero-order chi connectivity index (χ0) is 12.3. The molecule has 1 heteroatoms. The van der Waals surface area contributed by atoms with Crippen molar-refractivity contribution in [1.82, 2.24) is 0 Å². The molecule has 0 saturated carbocycles. The molecule has 0 spiro atoms. The van der Waals surface area contributed by atoms with Crippen LogP contribution in [0.2, 0.25) is 0 Å². The van der Waals surface area contributed by atoms with Crippen LogP contribution in [0.1, 0.15) is 24.0 Å². The van der Waals surface area contributed by atoms with Gasteiger partial charge >= 0.3 is 0 Å². The van der Waals surface area contributed by atoms with Crippen LogP contribution >= 0.6 is 0 Å². The lowest BCUT2D eigenvalue weighted by molar-refractivity contribution is -0.119. The second-order valence-electron chi connectivity index (χ2n) is 4.35. The van der Waals surface area contributed by atoms with Crippen molar-refractivity contribution >= 4 is 11.9 Å². The van der Waals surface area contributed by atoms with Crippen LogP contribution in [0.3, 0.4) is 0 Å². The number of hydrogen-bond donors (Lipinski definition) is 0. The molecule has 0 aromatic heterocycles. The van der Waals surface area contributed by atoms with Gasteiger partial charge in [0, 0.05) is 0 Å². The molecule has 1 aliphatic carbocycles. The van der Waals surface area contributed by atoms with Crippen molar-refractivity contribution in [3.8, 4) is 0 Å². The van der Waals surface area contributed by atoms with Crippen LogP contribution in [0.5, 0.6) is 0 Å². The van der Waals surface area contributed by atoms with Gasteiger partial charge in [-0.1, -0.05) is 42.5 Å². The summed E-state index contributed by atoms with van der Waals surface area (Å²) in [5, 5.41) is 0. The maximum atomic E-state index is 12.3. The molecule has 86 valence electrons. The summed E-state index contributed by atoms with van der Waals surface area (Å²) < 4.78 is 0. The van der Waals surface area contributed by atoms with Gasteiger partial charge in [0.25, 0.3) is 0 Å². The first-order valence-corrected chi connectivity index (χ1v) is 5.78. The van der Waals surface area contributed by atoms with E-state index >= 15 is 0 Å². The van der Waals surface area contributed by atoms with E-state index in [1.807, 2.05) is 42.5 Å². The van der Waals surface area contributed by atoms with Crippen molar-refractivity contribution in [3.05, 3.63) is 66.8 Å². The van der Waals surface area contributed by atoms with Gasteiger partial charge in [-0.2, -0.15) is 0 Å².